The minimum atomic E-state index is 0.206. The summed E-state index contributed by atoms with van der Waals surface area (Å²) in [6.45, 7) is 3.20. The van der Waals surface area contributed by atoms with Crippen LogP contribution in [-0.4, -0.2) is 18.3 Å². The predicted octanol–water partition coefficient (Wildman–Crippen LogP) is 3.39. The molecule has 0 heterocycles. The van der Waals surface area contributed by atoms with Gasteiger partial charge in [-0.1, -0.05) is 61.5 Å². The fraction of sp³-hybridized carbons (Fsp3) is 0.294. The summed E-state index contributed by atoms with van der Waals surface area (Å²) in [7, 11) is 0. The van der Waals surface area contributed by atoms with Gasteiger partial charge in [0.05, 0.1) is 0 Å². The van der Waals surface area contributed by atoms with Crippen molar-refractivity contribution in [3.8, 4) is 11.1 Å². The molecule has 1 atom stereocenters. The molecule has 0 bridgehead atoms. The number of hydrogen-bond donors (Lipinski definition) is 2. The van der Waals surface area contributed by atoms with Gasteiger partial charge in [-0.2, -0.15) is 0 Å². The van der Waals surface area contributed by atoms with E-state index in [-0.39, 0.29) is 12.6 Å². The zero-order valence-corrected chi connectivity index (χ0v) is 11.3. The van der Waals surface area contributed by atoms with E-state index in [1.807, 2.05) is 6.07 Å². The smallest absolute Gasteiger partial charge is 0.0449 e. The molecule has 2 aromatic rings. The van der Waals surface area contributed by atoms with Crippen molar-refractivity contribution >= 4 is 0 Å². The van der Waals surface area contributed by atoms with Crippen LogP contribution >= 0.6 is 0 Å². The summed E-state index contributed by atoms with van der Waals surface area (Å²) in [6, 6.07) is 19.2. The van der Waals surface area contributed by atoms with E-state index in [0.29, 0.717) is 0 Å². The lowest BCUT2D eigenvalue weighted by Gasteiger charge is -2.17. The number of benzene rings is 2. The summed E-state index contributed by atoms with van der Waals surface area (Å²) >= 11 is 0. The fourth-order valence-electron chi connectivity index (χ4n) is 2.30. The van der Waals surface area contributed by atoms with E-state index in [1.54, 1.807) is 0 Å². The maximum absolute atomic E-state index is 9.12. The Kier molecular flexibility index (Phi) is 5.13. The molecule has 2 rings (SSSR count). The standard InChI is InChI=1S/C17H21NO/c1-2-18-17(12-13-19)16-10-8-15(9-11-16)14-6-4-3-5-7-14/h3-11,17-19H,2,12-13H2,1H3. The Morgan fingerprint density at radius 2 is 1.58 bits per heavy atom. The minimum Gasteiger partial charge on any atom is -0.396 e. The molecule has 2 N–H and O–H groups in total. The highest BCUT2D eigenvalue weighted by Gasteiger charge is 2.09. The topological polar surface area (TPSA) is 32.3 Å². The van der Waals surface area contributed by atoms with Gasteiger partial charge in [-0.15, -0.1) is 0 Å². The van der Waals surface area contributed by atoms with Crippen molar-refractivity contribution < 1.29 is 5.11 Å². The zero-order chi connectivity index (χ0) is 13.5. The SMILES string of the molecule is CCNC(CCO)c1ccc(-c2ccccc2)cc1. The monoisotopic (exact) mass is 255 g/mol. The molecule has 2 aromatic carbocycles. The van der Waals surface area contributed by atoms with Gasteiger partial charge < -0.3 is 10.4 Å². The van der Waals surface area contributed by atoms with E-state index in [2.05, 4.69) is 60.8 Å². The van der Waals surface area contributed by atoms with Crippen molar-refractivity contribution in [2.45, 2.75) is 19.4 Å². The van der Waals surface area contributed by atoms with Crippen LogP contribution in [-0.2, 0) is 0 Å². The molecule has 19 heavy (non-hydrogen) atoms. The highest BCUT2D eigenvalue weighted by molar-refractivity contribution is 5.63. The zero-order valence-electron chi connectivity index (χ0n) is 11.3. The first-order valence-electron chi connectivity index (χ1n) is 6.84. The van der Waals surface area contributed by atoms with Crippen LogP contribution in [0, 0.1) is 0 Å². The number of aliphatic hydroxyl groups excluding tert-OH is 1. The average molecular weight is 255 g/mol. The molecule has 0 fully saturated rings. The molecule has 100 valence electrons. The van der Waals surface area contributed by atoms with Crippen LogP contribution in [0.2, 0.25) is 0 Å². The second-order valence-corrected chi connectivity index (χ2v) is 4.61. The van der Waals surface area contributed by atoms with Gasteiger partial charge in [0, 0.05) is 12.6 Å². The van der Waals surface area contributed by atoms with Crippen LogP contribution in [0.25, 0.3) is 11.1 Å². The molecule has 0 aliphatic heterocycles. The highest BCUT2D eigenvalue weighted by Crippen LogP contribution is 2.23. The maximum atomic E-state index is 9.12. The molecule has 0 radical (unpaired) electrons. The molecule has 0 aromatic heterocycles. The summed E-state index contributed by atoms with van der Waals surface area (Å²) in [4.78, 5) is 0. The third kappa shape index (κ3) is 3.66. The van der Waals surface area contributed by atoms with Crippen molar-refractivity contribution in [1.29, 1.82) is 0 Å². The number of nitrogens with one attached hydrogen (secondary N) is 1. The van der Waals surface area contributed by atoms with Crippen molar-refractivity contribution in [1.82, 2.24) is 5.32 Å². The lowest BCUT2D eigenvalue weighted by atomic mass is 9.99. The van der Waals surface area contributed by atoms with Gasteiger partial charge in [-0.3, -0.25) is 0 Å². The normalized spacial score (nSPS) is 12.3. The Labute approximate surface area is 115 Å². The summed E-state index contributed by atoms with van der Waals surface area (Å²) in [5.74, 6) is 0. The lowest BCUT2D eigenvalue weighted by molar-refractivity contribution is 0.266. The largest absolute Gasteiger partial charge is 0.396 e. The highest BCUT2D eigenvalue weighted by atomic mass is 16.3. The molecular formula is C17H21NO. The molecule has 2 heteroatoms. The molecule has 0 spiro atoms. The summed E-state index contributed by atoms with van der Waals surface area (Å²) in [5, 5.41) is 12.5. The Morgan fingerprint density at radius 1 is 0.947 bits per heavy atom. The van der Waals surface area contributed by atoms with Crippen LogP contribution < -0.4 is 5.32 Å². The van der Waals surface area contributed by atoms with Gasteiger partial charge >= 0.3 is 0 Å². The molecule has 0 saturated heterocycles. The van der Waals surface area contributed by atoms with Crippen molar-refractivity contribution in [3.63, 3.8) is 0 Å². The number of rotatable bonds is 6. The van der Waals surface area contributed by atoms with E-state index in [1.165, 1.54) is 16.7 Å². The second kappa shape index (κ2) is 7.07. The van der Waals surface area contributed by atoms with Gasteiger partial charge in [0.25, 0.3) is 0 Å². The maximum Gasteiger partial charge on any atom is 0.0449 e. The van der Waals surface area contributed by atoms with Gasteiger partial charge in [0.1, 0.15) is 0 Å². The van der Waals surface area contributed by atoms with Gasteiger partial charge in [0.2, 0.25) is 0 Å². The molecule has 0 saturated carbocycles. The van der Waals surface area contributed by atoms with Crippen molar-refractivity contribution in [2.75, 3.05) is 13.2 Å². The molecule has 0 amide bonds. The van der Waals surface area contributed by atoms with Crippen LogP contribution in [0.15, 0.2) is 54.6 Å². The molecular weight excluding hydrogens is 234 g/mol. The first kappa shape index (κ1) is 13.8. The van der Waals surface area contributed by atoms with Crippen molar-refractivity contribution in [3.05, 3.63) is 60.2 Å². The van der Waals surface area contributed by atoms with E-state index in [4.69, 9.17) is 5.11 Å². The van der Waals surface area contributed by atoms with Crippen LogP contribution in [0.5, 0.6) is 0 Å². The van der Waals surface area contributed by atoms with E-state index < -0.39 is 0 Å². The van der Waals surface area contributed by atoms with Gasteiger partial charge in [-0.25, -0.2) is 0 Å². The van der Waals surface area contributed by atoms with Crippen LogP contribution in [0.1, 0.15) is 24.9 Å². The summed E-state index contributed by atoms with van der Waals surface area (Å²) < 4.78 is 0. The lowest BCUT2D eigenvalue weighted by Crippen LogP contribution is -2.21. The molecule has 2 nitrogen and oxygen atoms in total. The second-order valence-electron chi connectivity index (χ2n) is 4.61. The van der Waals surface area contributed by atoms with Crippen molar-refractivity contribution in [2.24, 2.45) is 0 Å². The quantitative estimate of drug-likeness (QED) is 0.829. The van der Waals surface area contributed by atoms with Crippen LogP contribution in [0.4, 0.5) is 0 Å². The third-order valence-corrected chi connectivity index (χ3v) is 3.29. The summed E-state index contributed by atoms with van der Waals surface area (Å²) in [5.41, 5.74) is 3.69. The molecule has 0 aliphatic rings. The molecule has 0 aliphatic carbocycles. The van der Waals surface area contributed by atoms with E-state index in [0.717, 1.165) is 13.0 Å². The van der Waals surface area contributed by atoms with Gasteiger partial charge in [-0.05, 0) is 29.7 Å². The first-order valence-corrected chi connectivity index (χ1v) is 6.84. The van der Waals surface area contributed by atoms with E-state index in [9.17, 15) is 0 Å². The number of aliphatic hydroxyl groups is 1. The Hall–Kier alpha value is -1.64. The average Bonchev–Trinajstić information content (AvgIpc) is 2.48. The number of hydrogen-bond acceptors (Lipinski definition) is 2. The summed E-state index contributed by atoms with van der Waals surface area (Å²) in [6.07, 6.45) is 0.749. The minimum absolute atomic E-state index is 0.206. The van der Waals surface area contributed by atoms with E-state index >= 15 is 0 Å². The third-order valence-electron chi connectivity index (χ3n) is 3.29. The molecule has 1 unspecified atom stereocenters. The van der Waals surface area contributed by atoms with Crippen LogP contribution in [0.3, 0.4) is 0 Å². The Morgan fingerprint density at radius 3 is 2.16 bits per heavy atom. The fourth-order valence-corrected chi connectivity index (χ4v) is 2.30. The predicted molar refractivity (Wildman–Crippen MR) is 80.0 cm³/mol. The first-order chi connectivity index (χ1) is 9.35. The Balaban J connectivity index is 2.17. The Bertz CT molecular complexity index is 472. The van der Waals surface area contributed by atoms with Gasteiger partial charge in [0.15, 0.2) is 0 Å².